The monoisotopic (exact) mass is 228 g/mol. The summed E-state index contributed by atoms with van der Waals surface area (Å²) in [6.07, 6.45) is 3.81. The maximum atomic E-state index is 9.79. The molecule has 2 fully saturated rings. The Morgan fingerprint density at radius 1 is 1.18 bits per heavy atom. The number of aliphatic hydroxyl groups excluding tert-OH is 1. The molecule has 2 saturated heterocycles. The van der Waals surface area contributed by atoms with Gasteiger partial charge in [-0.25, -0.2) is 0 Å². The van der Waals surface area contributed by atoms with E-state index in [0.717, 1.165) is 36.9 Å². The van der Waals surface area contributed by atoms with Crippen LogP contribution in [0.2, 0.25) is 0 Å². The van der Waals surface area contributed by atoms with Crippen molar-refractivity contribution in [3.8, 4) is 6.07 Å². The first kappa shape index (κ1) is 10.6. The van der Waals surface area contributed by atoms with Gasteiger partial charge >= 0.3 is 0 Å². The van der Waals surface area contributed by atoms with E-state index in [1.807, 2.05) is 24.3 Å². The Kier molecular flexibility index (Phi) is 2.53. The lowest BCUT2D eigenvalue weighted by Crippen LogP contribution is -2.45. The summed E-state index contributed by atoms with van der Waals surface area (Å²) in [4.78, 5) is 2.37. The number of hydrogen-bond acceptors (Lipinski definition) is 3. The molecule has 2 aliphatic rings. The molecule has 0 saturated carbocycles. The van der Waals surface area contributed by atoms with Gasteiger partial charge in [-0.3, -0.25) is 0 Å². The second kappa shape index (κ2) is 4.05. The van der Waals surface area contributed by atoms with Crippen molar-refractivity contribution in [2.45, 2.75) is 43.9 Å². The maximum absolute atomic E-state index is 9.79. The molecule has 1 N–H and O–H groups in total. The van der Waals surface area contributed by atoms with Crippen LogP contribution in [0.1, 0.15) is 31.2 Å². The zero-order valence-electron chi connectivity index (χ0n) is 9.71. The number of rotatable bonds is 1. The van der Waals surface area contributed by atoms with Crippen molar-refractivity contribution in [2.75, 3.05) is 4.90 Å². The van der Waals surface area contributed by atoms with Gasteiger partial charge in [0.25, 0.3) is 0 Å². The Morgan fingerprint density at radius 3 is 2.47 bits per heavy atom. The number of anilines is 1. The fraction of sp³-hybridized carbons (Fsp3) is 0.500. The van der Waals surface area contributed by atoms with E-state index in [1.165, 1.54) is 0 Å². The van der Waals surface area contributed by atoms with Crippen LogP contribution in [0.5, 0.6) is 0 Å². The van der Waals surface area contributed by atoms with Crippen molar-refractivity contribution >= 4 is 5.69 Å². The average molecular weight is 228 g/mol. The highest BCUT2D eigenvalue weighted by molar-refractivity contribution is 5.61. The summed E-state index contributed by atoms with van der Waals surface area (Å²) >= 11 is 0. The van der Waals surface area contributed by atoms with Gasteiger partial charge in [0.05, 0.1) is 17.4 Å². The highest BCUT2D eigenvalue weighted by Crippen LogP contribution is 2.40. The molecule has 2 aliphatic heterocycles. The molecule has 1 aromatic rings. The van der Waals surface area contributed by atoms with Gasteiger partial charge in [0.1, 0.15) is 6.07 Å². The van der Waals surface area contributed by atoms with Crippen LogP contribution in [-0.2, 0) is 0 Å². The van der Waals surface area contributed by atoms with Crippen molar-refractivity contribution in [3.05, 3.63) is 29.8 Å². The van der Waals surface area contributed by atoms with Gasteiger partial charge in [0.2, 0.25) is 0 Å². The highest BCUT2D eigenvalue weighted by Gasteiger charge is 2.40. The topological polar surface area (TPSA) is 47.3 Å². The smallest absolute Gasteiger partial charge is 0.101 e. The molecule has 88 valence electrons. The van der Waals surface area contributed by atoms with Crippen molar-refractivity contribution in [1.29, 1.82) is 5.26 Å². The molecule has 3 nitrogen and oxygen atoms in total. The molecule has 0 radical (unpaired) electrons. The normalized spacial score (nSPS) is 31.3. The minimum atomic E-state index is -0.155. The van der Waals surface area contributed by atoms with Gasteiger partial charge < -0.3 is 10.0 Å². The number of para-hydroxylation sites is 1. The minimum Gasteiger partial charge on any atom is -0.393 e. The largest absolute Gasteiger partial charge is 0.393 e. The number of piperidine rings is 1. The quantitative estimate of drug-likeness (QED) is 0.800. The van der Waals surface area contributed by atoms with E-state index in [1.54, 1.807) is 0 Å². The van der Waals surface area contributed by atoms with Crippen LogP contribution in [0, 0.1) is 11.3 Å². The Hall–Kier alpha value is -1.53. The summed E-state index contributed by atoms with van der Waals surface area (Å²) in [5.41, 5.74) is 1.80. The molecule has 1 aromatic carbocycles. The van der Waals surface area contributed by atoms with Crippen LogP contribution >= 0.6 is 0 Å². The van der Waals surface area contributed by atoms with Gasteiger partial charge in [-0.1, -0.05) is 12.1 Å². The minimum absolute atomic E-state index is 0.155. The van der Waals surface area contributed by atoms with Gasteiger partial charge in [-0.15, -0.1) is 0 Å². The predicted molar refractivity (Wildman–Crippen MR) is 65.7 cm³/mol. The number of fused-ring (bicyclic) bond motifs is 2. The fourth-order valence-corrected chi connectivity index (χ4v) is 3.33. The lowest BCUT2D eigenvalue weighted by atomic mass is 9.98. The maximum Gasteiger partial charge on any atom is 0.101 e. The van der Waals surface area contributed by atoms with Crippen molar-refractivity contribution in [3.63, 3.8) is 0 Å². The standard InChI is InChI=1S/C14H16N2O/c15-9-10-3-1-2-4-14(10)16-11-5-6-12(16)8-13(17)7-11/h1-4,11-13,17H,5-8H2. The molecule has 2 atom stereocenters. The van der Waals surface area contributed by atoms with Gasteiger partial charge in [-0.2, -0.15) is 5.26 Å². The molecule has 0 amide bonds. The second-order valence-corrected chi connectivity index (χ2v) is 5.05. The molecule has 0 spiro atoms. The van der Waals surface area contributed by atoms with E-state index in [-0.39, 0.29) is 6.10 Å². The van der Waals surface area contributed by atoms with Crippen LogP contribution < -0.4 is 4.90 Å². The number of nitrogens with zero attached hydrogens (tertiary/aromatic N) is 2. The SMILES string of the molecule is N#Cc1ccccc1N1C2CCC1CC(O)C2. The molecule has 3 heteroatoms. The number of aliphatic hydroxyl groups is 1. The molecular weight excluding hydrogens is 212 g/mol. The van der Waals surface area contributed by atoms with E-state index in [0.29, 0.717) is 12.1 Å². The van der Waals surface area contributed by atoms with Crippen LogP contribution in [0.3, 0.4) is 0 Å². The number of hydrogen-bond donors (Lipinski definition) is 1. The first-order chi connectivity index (χ1) is 8.29. The van der Waals surface area contributed by atoms with Crippen LogP contribution in [0.4, 0.5) is 5.69 Å². The van der Waals surface area contributed by atoms with E-state index < -0.39 is 0 Å². The molecule has 0 aliphatic carbocycles. The average Bonchev–Trinajstić information content (AvgIpc) is 2.61. The summed E-state index contributed by atoms with van der Waals surface area (Å²) < 4.78 is 0. The fourth-order valence-electron chi connectivity index (χ4n) is 3.33. The Balaban J connectivity index is 1.98. The molecule has 3 rings (SSSR count). The van der Waals surface area contributed by atoms with Crippen molar-refractivity contribution < 1.29 is 5.11 Å². The van der Waals surface area contributed by atoms with E-state index in [9.17, 15) is 5.11 Å². The Morgan fingerprint density at radius 2 is 1.82 bits per heavy atom. The van der Waals surface area contributed by atoms with Crippen LogP contribution in [-0.4, -0.2) is 23.3 Å². The summed E-state index contributed by atoms with van der Waals surface area (Å²) in [7, 11) is 0. The zero-order chi connectivity index (χ0) is 11.8. The third kappa shape index (κ3) is 1.69. The molecule has 2 bridgehead atoms. The Labute approximate surface area is 101 Å². The van der Waals surface area contributed by atoms with Gasteiger partial charge in [-0.05, 0) is 37.8 Å². The molecule has 2 heterocycles. The molecule has 0 aromatic heterocycles. The lowest BCUT2D eigenvalue weighted by Gasteiger charge is -2.39. The van der Waals surface area contributed by atoms with Crippen LogP contribution in [0.15, 0.2) is 24.3 Å². The van der Waals surface area contributed by atoms with E-state index >= 15 is 0 Å². The second-order valence-electron chi connectivity index (χ2n) is 5.05. The molecule has 2 unspecified atom stereocenters. The molecular formula is C14H16N2O. The van der Waals surface area contributed by atoms with E-state index in [2.05, 4.69) is 11.0 Å². The van der Waals surface area contributed by atoms with Gasteiger partial charge in [0, 0.05) is 12.1 Å². The third-order valence-electron chi connectivity index (χ3n) is 4.01. The van der Waals surface area contributed by atoms with Crippen LogP contribution in [0.25, 0.3) is 0 Å². The zero-order valence-corrected chi connectivity index (χ0v) is 9.71. The summed E-state index contributed by atoms with van der Waals surface area (Å²) in [5, 5.41) is 19.0. The van der Waals surface area contributed by atoms with E-state index in [4.69, 9.17) is 5.26 Å². The summed E-state index contributed by atoms with van der Waals surface area (Å²) in [6, 6.07) is 10.9. The lowest BCUT2D eigenvalue weighted by molar-refractivity contribution is 0.126. The van der Waals surface area contributed by atoms with Crippen molar-refractivity contribution in [2.24, 2.45) is 0 Å². The summed E-state index contributed by atoms with van der Waals surface area (Å²) in [5.74, 6) is 0. The number of nitriles is 1. The number of benzene rings is 1. The first-order valence-electron chi connectivity index (χ1n) is 6.25. The highest BCUT2D eigenvalue weighted by atomic mass is 16.3. The first-order valence-corrected chi connectivity index (χ1v) is 6.25. The predicted octanol–water partition coefficient (Wildman–Crippen LogP) is 2.05. The summed E-state index contributed by atoms with van der Waals surface area (Å²) in [6.45, 7) is 0. The Bertz CT molecular complexity index is 452. The van der Waals surface area contributed by atoms with Crippen molar-refractivity contribution in [1.82, 2.24) is 0 Å². The third-order valence-corrected chi connectivity index (χ3v) is 4.01. The van der Waals surface area contributed by atoms with Gasteiger partial charge in [0.15, 0.2) is 0 Å². The molecule has 17 heavy (non-hydrogen) atoms.